The summed E-state index contributed by atoms with van der Waals surface area (Å²) in [6.45, 7) is 0. The number of carbonyl (C=O) groups is 1. The van der Waals surface area contributed by atoms with Crippen molar-refractivity contribution in [2.75, 3.05) is 5.32 Å². The molecule has 0 bridgehead atoms. The number of nitrogens with two attached hydrogens (primary N) is 1. The SMILES string of the molecule is NC(=O)CC(Br)Nc1ccc(F)cc1. The second kappa shape index (κ2) is 4.95. The summed E-state index contributed by atoms with van der Waals surface area (Å²) < 4.78 is 12.5. The lowest BCUT2D eigenvalue weighted by Gasteiger charge is -2.11. The van der Waals surface area contributed by atoms with E-state index in [4.69, 9.17) is 5.73 Å². The van der Waals surface area contributed by atoms with Crippen LogP contribution in [0.2, 0.25) is 0 Å². The molecule has 0 saturated carbocycles. The summed E-state index contributed by atoms with van der Waals surface area (Å²) in [6, 6.07) is 5.85. The van der Waals surface area contributed by atoms with Crippen LogP contribution in [-0.2, 0) is 4.79 Å². The van der Waals surface area contributed by atoms with Crippen LogP contribution in [0.3, 0.4) is 0 Å². The fourth-order valence-corrected chi connectivity index (χ4v) is 1.54. The Morgan fingerprint density at radius 1 is 1.50 bits per heavy atom. The van der Waals surface area contributed by atoms with Gasteiger partial charge in [-0.2, -0.15) is 0 Å². The van der Waals surface area contributed by atoms with E-state index in [0.717, 1.165) is 5.69 Å². The molecule has 0 heterocycles. The highest BCUT2D eigenvalue weighted by molar-refractivity contribution is 9.09. The summed E-state index contributed by atoms with van der Waals surface area (Å²) in [4.78, 5) is 10.3. The van der Waals surface area contributed by atoms with Crippen molar-refractivity contribution in [3.63, 3.8) is 0 Å². The fourth-order valence-electron chi connectivity index (χ4n) is 0.955. The summed E-state index contributed by atoms with van der Waals surface area (Å²) in [5.74, 6) is -0.696. The Balaban J connectivity index is 2.51. The second-order valence-electron chi connectivity index (χ2n) is 2.79. The Labute approximate surface area is 89.6 Å². The molecule has 0 aliphatic rings. The highest BCUT2D eigenvalue weighted by atomic mass is 79.9. The van der Waals surface area contributed by atoms with Gasteiger partial charge in [-0.1, -0.05) is 15.9 Å². The summed E-state index contributed by atoms with van der Waals surface area (Å²) in [7, 11) is 0. The van der Waals surface area contributed by atoms with Crippen molar-refractivity contribution < 1.29 is 9.18 Å². The van der Waals surface area contributed by atoms with Crippen LogP contribution < -0.4 is 11.1 Å². The Hall–Kier alpha value is -1.10. The van der Waals surface area contributed by atoms with E-state index in [1.165, 1.54) is 12.1 Å². The molecule has 1 aromatic carbocycles. The zero-order chi connectivity index (χ0) is 10.6. The molecule has 1 amide bonds. The molecule has 3 nitrogen and oxygen atoms in total. The maximum atomic E-state index is 12.5. The monoisotopic (exact) mass is 260 g/mol. The number of carbonyl (C=O) groups excluding carboxylic acids is 1. The number of primary amides is 1. The summed E-state index contributed by atoms with van der Waals surface area (Å²) >= 11 is 3.23. The smallest absolute Gasteiger partial charge is 0.220 e. The molecule has 0 radical (unpaired) electrons. The van der Waals surface area contributed by atoms with Crippen LogP contribution in [0.1, 0.15) is 6.42 Å². The summed E-state index contributed by atoms with van der Waals surface area (Å²) in [5, 5.41) is 2.95. The lowest BCUT2D eigenvalue weighted by Crippen LogP contribution is -2.21. The van der Waals surface area contributed by atoms with Crippen molar-refractivity contribution in [3.8, 4) is 0 Å². The second-order valence-corrected chi connectivity index (χ2v) is 3.89. The van der Waals surface area contributed by atoms with Crippen LogP contribution >= 0.6 is 15.9 Å². The van der Waals surface area contributed by atoms with E-state index >= 15 is 0 Å². The number of amides is 1. The van der Waals surface area contributed by atoms with Gasteiger partial charge in [0, 0.05) is 5.69 Å². The fraction of sp³-hybridized carbons (Fsp3) is 0.222. The van der Waals surface area contributed by atoms with E-state index in [1.807, 2.05) is 0 Å². The van der Waals surface area contributed by atoms with Crippen LogP contribution in [0.15, 0.2) is 24.3 Å². The number of halogens is 2. The van der Waals surface area contributed by atoms with Crippen molar-refractivity contribution in [2.24, 2.45) is 5.73 Å². The largest absolute Gasteiger partial charge is 0.372 e. The van der Waals surface area contributed by atoms with Gasteiger partial charge in [0.25, 0.3) is 0 Å². The quantitative estimate of drug-likeness (QED) is 0.641. The summed E-state index contributed by atoms with van der Waals surface area (Å²) in [6.07, 6.45) is 0.178. The van der Waals surface area contributed by atoms with Crippen molar-refractivity contribution in [1.82, 2.24) is 0 Å². The molecule has 0 aromatic heterocycles. The first kappa shape index (κ1) is 11.0. The molecule has 0 aliphatic carbocycles. The van der Waals surface area contributed by atoms with Crippen LogP contribution in [0.25, 0.3) is 0 Å². The van der Waals surface area contributed by atoms with E-state index in [-0.39, 0.29) is 17.2 Å². The third-order valence-corrected chi connectivity index (χ3v) is 2.10. The number of hydrogen-bond donors (Lipinski definition) is 2. The zero-order valence-electron chi connectivity index (χ0n) is 7.34. The molecular formula is C9H10BrFN2O. The van der Waals surface area contributed by atoms with Gasteiger partial charge in [-0.25, -0.2) is 4.39 Å². The zero-order valence-corrected chi connectivity index (χ0v) is 8.92. The maximum absolute atomic E-state index is 12.5. The maximum Gasteiger partial charge on any atom is 0.220 e. The van der Waals surface area contributed by atoms with Gasteiger partial charge in [-0.15, -0.1) is 0 Å². The predicted molar refractivity (Wildman–Crippen MR) is 56.5 cm³/mol. The van der Waals surface area contributed by atoms with E-state index in [0.29, 0.717) is 0 Å². The number of nitrogens with one attached hydrogen (secondary N) is 1. The normalized spacial score (nSPS) is 12.1. The van der Waals surface area contributed by atoms with Crippen LogP contribution in [0.5, 0.6) is 0 Å². The van der Waals surface area contributed by atoms with Gasteiger partial charge in [0.2, 0.25) is 5.91 Å². The van der Waals surface area contributed by atoms with Gasteiger partial charge in [-0.05, 0) is 24.3 Å². The number of hydrogen-bond acceptors (Lipinski definition) is 2. The lowest BCUT2D eigenvalue weighted by atomic mass is 10.3. The van der Waals surface area contributed by atoms with Gasteiger partial charge in [0.05, 0.1) is 11.4 Å². The van der Waals surface area contributed by atoms with Crippen molar-refractivity contribution in [1.29, 1.82) is 0 Å². The highest BCUT2D eigenvalue weighted by Gasteiger charge is 2.06. The van der Waals surface area contributed by atoms with Crippen LogP contribution in [0, 0.1) is 5.82 Å². The third kappa shape index (κ3) is 3.74. The first-order valence-electron chi connectivity index (χ1n) is 4.02. The molecule has 3 N–H and O–H groups in total. The van der Waals surface area contributed by atoms with E-state index in [2.05, 4.69) is 21.2 Å². The molecule has 1 unspecified atom stereocenters. The van der Waals surface area contributed by atoms with E-state index in [1.54, 1.807) is 12.1 Å². The Morgan fingerprint density at radius 2 is 2.07 bits per heavy atom. The minimum Gasteiger partial charge on any atom is -0.372 e. The summed E-state index contributed by atoms with van der Waals surface area (Å²) in [5.41, 5.74) is 5.73. The lowest BCUT2D eigenvalue weighted by molar-refractivity contribution is -0.117. The van der Waals surface area contributed by atoms with Gasteiger partial charge < -0.3 is 11.1 Å². The number of anilines is 1. The Morgan fingerprint density at radius 3 is 2.57 bits per heavy atom. The van der Waals surface area contributed by atoms with Gasteiger partial charge in [0.15, 0.2) is 0 Å². The van der Waals surface area contributed by atoms with E-state index in [9.17, 15) is 9.18 Å². The third-order valence-electron chi connectivity index (χ3n) is 1.55. The van der Waals surface area contributed by atoms with Crippen LogP contribution in [0.4, 0.5) is 10.1 Å². The number of rotatable bonds is 4. The molecule has 0 fully saturated rings. The van der Waals surface area contributed by atoms with Crippen molar-refractivity contribution in [2.45, 2.75) is 11.4 Å². The molecule has 76 valence electrons. The molecule has 1 atom stereocenters. The number of alkyl halides is 1. The molecule has 0 saturated heterocycles. The molecule has 14 heavy (non-hydrogen) atoms. The molecule has 0 spiro atoms. The van der Waals surface area contributed by atoms with Crippen molar-refractivity contribution >= 4 is 27.5 Å². The molecule has 0 aliphatic heterocycles. The minimum atomic E-state index is -0.401. The topological polar surface area (TPSA) is 55.1 Å². The first-order chi connectivity index (χ1) is 6.58. The van der Waals surface area contributed by atoms with Gasteiger partial charge >= 0.3 is 0 Å². The van der Waals surface area contributed by atoms with Crippen molar-refractivity contribution in [3.05, 3.63) is 30.1 Å². The van der Waals surface area contributed by atoms with Gasteiger partial charge in [0.1, 0.15) is 5.82 Å². The molecule has 1 aromatic rings. The molecule has 1 rings (SSSR count). The van der Waals surface area contributed by atoms with Crippen LogP contribution in [-0.4, -0.2) is 10.9 Å². The van der Waals surface area contributed by atoms with E-state index < -0.39 is 5.91 Å². The molecule has 5 heteroatoms. The standard InChI is InChI=1S/C9H10BrFN2O/c10-8(5-9(12)14)13-7-3-1-6(11)2-4-7/h1-4,8,13H,5H2,(H2,12,14). The Kier molecular flexibility index (Phi) is 3.88. The average molecular weight is 261 g/mol. The van der Waals surface area contributed by atoms with Gasteiger partial charge in [-0.3, -0.25) is 4.79 Å². The Bertz CT molecular complexity index is 315. The minimum absolute atomic E-state index is 0.178. The molecular weight excluding hydrogens is 251 g/mol. The number of benzene rings is 1. The predicted octanol–water partition coefficient (Wildman–Crippen LogP) is 1.83. The first-order valence-corrected chi connectivity index (χ1v) is 4.94. The average Bonchev–Trinajstić information content (AvgIpc) is 2.07. The highest BCUT2D eigenvalue weighted by Crippen LogP contribution is 2.13.